The van der Waals surface area contributed by atoms with Gasteiger partial charge in [0.25, 0.3) is 0 Å². The van der Waals surface area contributed by atoms with Crippen LogP contribution in [0.2, 0.25) is 0 Å². The first-order chi connectivity index (χ1) is 19.1. The van der Waals surface area contributed by atoms with Crippen molar-refractivity contribution in [2.24, 2.45) is 11.3 Å². The standard InChI is InChI=1S/C34H41FO5/c1-6-39-32(36)19-25(16-22-10-11-22)24-8-7-9-27(18-24)40-21-23-12-14-28(30(17-23)33(37)34(2,3)4)29-20-26(38-5)13-15-31(29)35/h7-9,12-15,17-18,20,22,25,33,37H,6,10-11,16,19,21H2,1-5H3/t25-,33-/m0/s1. The fourth-order valence-electron chi connectivity index (χ4n) is 5.02. The van der Waals surface area contributed by atoms with Crippen molar-refractivity contribution in [2.45, 2.75) is 72.0 Å². The van der Waals surface area contributed by atoms with Gasteiger partial charge in [0, 0.05) is 5.56 Å². The molecule has 0 unspecified atom stereocenters. The van der Waals surface area contributed by atoms with Crippen molar-refractivity contribution in [3.05, 3.63) is 83.2 Å². The molecule has 0 radical (unpaired) electrons. The van der Waals surface area contributed by atoms with Gasteiger partial charge in [-0.2, -0.15) is 0 Å². The van der Waals surface area contributed by atoms with E-state index in [4.69, 9.17) is 14.2 Å². The van der Waals surface area contributed by atoms with E-state index in [2.05, 4.69) is 6.07 Å². The van der Waals surface area contributed by atoms with Gasteiger partial charge < -0.3 is 19.3 Å². The highest BCUT2D eigenvalue weighted by molar-refractivity contribution is 5.71. The quantitative estimate of drug-likeness (QED) is 0.232. The lowest BCUT2D eigenvalue weighted by Gasteiger charge is -2.28. The van der Waals surface area contributed by atoms with Crippen molar-refractivity contribution < 1.29 is 28.5 Å². The Morgan fingerprint density at radius 3 is 2.48 bits per heavy atom. The number of aliphatic hydroxyl groups excluding tert-OH is 1. The van der Waals surface area contributed by atoms with Crippen molar-refractivity contribution in [3.8, 4) is 22.6 Å². The van der Waals surface area contributed by atoms with Crippen LogP contribution in [0.3, 0.4) is 0 Å². The van der Waals surface area contributed by atoms with Crippen LogP contribution < -0.4 is 9.47 Å². The highest BCUT2D eigenvalue weighted by Gasteiger charge is 2.29. The molecule has 2 atom stereocenters. The molecule has 3 aromatic carbocycles. The molecule has 214 valence electrons. The van der Waals surface area contributed by atoms with Crippen LogP contribution in [-0.2, 0) is 16.1 Å². The lowest BCUT2D eigenvalue weighted by atomic mass is 9.81. The second-order valence-electron chi connectivity index (χ2n) is 11.8. The Morgan fingerprint density at radius 1 is 1.02 bits per heavy atom. The molecule has 4 rings (SSSR count). The monoisotopic (exact) mass is 548 g/mol. The molecule has 1 saturated carbocycles. The molecule has 0 aliphatic heterocycles. The molecule has 0 bridgehead atoms. The summed E-state index contributed by atoms with van der Waals surface area (Å²) >= 11 is 0. The highest BCUT2D eigenvalue weighted by Crippen LogP contribution is 2.42. The maximum absolute atomic E-state index is 14.9. The van der Waals surface area contributed by atoms with E-state index >= 15 is 0 Å². The number of halogens is 1. The van der Waals surface area contributed by atoms with Crippen LogP contribution in [0.25, 0.3) is 11.1 Å². The summed E-state index contributed by atoms with van der Waals surface area (Å²) in [5.74, 6) is 1.47. The minimum atomic E-state index is -0.831. The first-order valence-corrected chi connectivity index (χ1v) is 14.1. The second kappa shape index (κ2) is 12.9. The lowest BCUT2D eigenvalue weighted by Crippen LogP contribution is -2.19. The summed E-state index contributed by atoms with van der Waals surface area (Å²) in [6, 6.07) is 18.2. The van der Waals surface area contributed by atoms with Gasteiger partial charge in [0.1, 0.15) is 23.9 Å². The SMILES string of the molecule is CCOC(=O)C[C@H](CC1CC1)c1cccc(OCc2ccc(-c3cc(OC)ccc3F)c([C@H](O)C(C)(C)C)c2)c1. The van der Waals surface area contributed by atoms with E-state index in [0.717, 1.165) is 17.5 Å². The molecule has 1 fully saturated rings. The fourth-order valence-corrected chi connectivity index (χ4v) is 5.02. The Bertz CT molecular complexity index is 1310. The third kappa shape index (κ3) is 7.63. The van der Waals surface area contributed by atoms with E-state index < -0.39 is 11.5 Å². The predicted molar refractivity (Wildman–Crippen MR) is 155 cm³/mol. The van der Waals surface area contributed by atoms with Crippen LogP contribution in [-0.4, -0.2) is 24.8 Å². The zero-order chi connectivity index (χ0) is 28.9. The number of carbonyl (C=O) groups is 1. The summed E-state index contributed by atoms with van der Waals surface area (Å²) in [6.45, 7) is 8.34. The molecular formula is C34H41FO5. The van der Waals surface area contributed by atoms with Gasteiger partial charge >= 0.3 is 5.97 Å². The molecule has 1 aliphatic carbocycles. The molecule has 0 amide bonds. The van der Waals surface area contributed by atoms with Gasteiger partial charge in [0.15, 0.2) is 0 Å². The number of rotatable bonds is 12. The van der Waals surface area contributed by atoms with Crippen molar-refractivity contribution in [1.29, 1.82) is 0 Å². The van der Waals surface area contributed by atoms with Gasteiger partial charge in [0.2, 0.25) is 0 Å². The van der Waals surface area contributed by atoms with Crippen molar-refractivity contribution >= 4 is 5.97 Å². The fraction of sp³-hybridized carbons (Fsp3) is 0.441. The Morgan fingerprint density at radius 2 is 1.80 bits per heavy atom. The number of carbonyl (C=O) groups excluding carboxylic acids is 1. The molecule has 0 spiro atoms. The molecule has 0 saturated heterocycles. The first kappa shape index (κ1) is 29.6. The molecule has 0 heterocycles. The topological polar surface area (TPSA) is 65.0 Å². The summed E-state index contributed by atoms with van der Waals surface area (Å²) in [7, 11) is 1.54. The number of hydrogen-bond donors (Lipinski definition) is 1. The van der Waals surface area contributed by atoms with Crippen LogP contribution in [0.15, 0.2) is 60.7 Å². The van der Waals surface area contributed by atoms with Crippen LogP contribution in [0.1, 0.15) is 82.1 Å². The predicted octanol–water partition coefficient (Wildman–Crippen LogP) is 8.00. The third-order valence-corrected chi connectivity index (χ3v) is 7.46. The van der Waals surface area contributed by atoms with E-state index in [9.17, 15) is 14.3 Å². The van der Waals surface area contributed by atoms with E-state index in [-0.39, 0.29) is 24.3 Å². The average Bonchev–Trinajstić information content (AvgIpc) is 3.75. The Balaban J connectivity index is 1.58. The number of aliphatic hydroxyl groups is 1. The number of hydrogen-bond acceptors (Lipinski definition) is 5. The molecular weight excluding hydrogens is 507 g/mol. The number of benzene rings is 3. The van der Waals surface area contributed by atoms with Crippen LogP contribution >= 0.6 is 0 Å². The zero-order valence-corrected chi connectivity index (χ0v) is 24.2. The Labute approximate surface area is 237 Å². The molecule has 5 nitrogen and oxygen atoms in total. The minimum Gasteiger partial charge on any atom is -0.497 e. The smallest absolute Gasteiger partial charge is 0.306 e. The van der Waals surface area contributed by atoms with E-state index in [1.165, 1.54) is 18.9 Å². The average molecular weight is 549 g/mol. The summed E-state index contributed by atoms with van der Waals surface area (Å²) < 4.78 is 31.7. The van der Waals surface area contributed by atoms with Crippen LogP contribution in [0, 0.1) is 17.2 Å². The zero-order valence-electron chi connectivity index (χ0n) is 24.2. The Hall–Kier alpha value is -3.38. The molecule has 3 aromatic rings. The van der Waals surface area contributed by atoms with Crippen molar-refractivity contribution in [1.82, 2.24) is 0 Å². The molecule has 40 heavy (non-hydrogen) atoms. The summed E-state index contributed by atoms with van der Waals surface area (Å²) in [5, 5.41) is 11.3. The maximum Gasteiger partial charge on any atom is 0.306 e. The normalized spacial score (nSPS) is 14.9. The second-order valence-corrected chi connectivity index (χ2v) is 11.8. The third-order valence-electron chi connectivity index (χ3n) is 7.46. The molecule has 1 aliphatic rings. The molecule has 0 aromatic heterocycles. The van der Waals surface area contributed by atoms with Gasteiger partial charge in [-0.15, -0.1) is 0 Å². The van der Waals surface area contributed by atoms with Gasteiger partial charge in [-0.05, 0) is 89.2 Å². The van der Waals surface area contributed by atoms with E-state index in [1.807, 2.05) is 64.1 Å². The molecule has 6 heteroatoms. The summed E-state index contributed by atoms with van der Waals surface area (Å²) in [6.07, 6.45) is 2.94. The number of esters is 1. The first-order valence-electron chi connectivity index (χ1n) is 14.1. The van der Waals surface area contributed by atoms with Gasteiger partial charge in [0.05, 0.1) is 26.2 Å². The van der Waals surface area contributed by atoms with Gasteiger partial charge in [-0.1, -0.05) is 57.9 Å². The minimum absolute atomic E-state index is 0.0979. The van der Waals surface area contributed by atoms with Crippen LogP contribution in [0.5, 0.6) is 11.5 Å². The van der Waals surface area contributed by atoms with Gasteiger partial charge in [-0.3, -0.25) is 4.79 Å². The lowest BCUT2D eigenvalue weighted by molar-refractivity contribution is -0.143. The number of methoxy groups -OCH3 is 1. The van der Waals surface area contributed by atoms with Gasteiger partial charge in [-0.25, -0.2) is 4.39 Å². The number of ether oxygens (including phenoxy) is 3. The highest BCUT2D eigenvalue weighted by atomic mass is 19.1. The van der Waals surface area contributed by atoms with E-state index in [0.29, 0.717) is 47.1 Å². The van der Waals surface area contributed by atoms with Crippen molar-refractivity contribution in [3.63, 3.8) is 0 Å². The Kier molecular flexibility index (Phi) is 9.52. The summed E-state index contributed by atoms with van der Waals surface area (Å²) in [4.78, 5) is 12.3. The maximum atomic E-state index is 14.9. The van der Waals surface area contributed by atoms with Crippen molar-refractivity contribution in [2.75, 3.05) is 13.7 Å². The van der Waals surface area contributed by atoms with E-state index in [1.54, 1.807) is 19.2 Å². The summed E-state index contributed by atoms with van der Waals surface area (Å²) in [5.41, 5.74) is 3.09. The molecule has 1 N–H and O–H groups in total. The van der Waals surface area contributed by atoms with Crippen LogP contribution in [0.4, 0.5) is 4.39 Å². The largest absolute Gasteiger partial charge is 0.497 e.